The Hall–Kier alpha value is -2.13. The normalized spacial score (nSPS) is 9.69. The van der Waals surface area contributed by atoms with Crippen molar-refractivity contribution in [2.45, 2.75) is 10.1 Å². The van der Waals surface area contributed by atoms with Crippen molar-refractivity contribution < 1.29 is 0 Å². The number of pyridine rings is 1. The van der Waals surface area contributed by atoms with Gasteiger partial charge in [-0.15, -0.1) is 0 Å². The van der Waals surface area contributed by atoms with Gasteiger partial charge in [0.15, 0.2) is 5.69 Å². The highest BCUT2D eigenvalue weighted by atomic mass is 32.2. The number of nitriles is 1. The number of nitrogens with zero attached hydrogens (tertiary/aromatic N) is 4. The Morgan fingerprint density at radius 3 is 2.75 bits per heavy atom. The second kappa shape index (κ2) is 4.59. The molecule has 2 aromatic rings. The summed E-state index contributed by atoms with van der Waals surface area (Å²) in [6, 6.07) is 5.44. The van der Waals surface area contributed by atoms with E-state index in [9.17, 15) is 0 Å². The van der Waals surface area contributed by atoms with Crippen LogP contribution in [-0.4, -0.2) is 15.0 Å². The minimum absolute atomic E-state index is 0.290. The van der Waals surface area contributed by atoms with Gasteiger partial charge in [-0.2, -0.15) is 5.26 Å². The van der Waals surface area contributed by atoms with Gasteiger partial charge in [-0.3, -0.25) is 0 Å². The van der Waals surface area contributed by atoms with Gasteiger partial charge in [-0.25, -0.2) is 15.0 Å². The molecule has 0 aliphatic rings. The Balaban J connectivity index is 2.22. The molecule has 0 spiro atoms. The number of nitrogens with two attached hydrogens (primary N) is 1. The van der Waals surface area contributed by atoms with Crippen molar-refractivity contribution in [3.05, 3.63) is 36.4 Å². The Morgan fingerprint density at radius 2 is 2.12 bits per heavy atom. The summed E-state index contributed by atoms with van der Waals surface area (Å²) in [7, 11) is 0. The number of hydrogen-bond acceptors (Lipinski definition) is 6. The molecule has 0 atom stereocenters. The number of aromatic nitrogens is 3. The predicted molar refractivity (Wildman–Crippen MR) is 59.5 cm³/mol. The van der Waals surface area contributed by atoms with Crippen LogP contribution in [0.1, 0.15) is 5.69 Å². The first kappa shape index (κ1) is 10.4. The summed E-state index contributed by atoms with van der Waals surface area (Å²) in [6.07, 6.45) is 4.61. The zero-order chi connectivity index (χ0) is 11.4. The average molecular weight is 229 g/mol. The lowest BCUT2D eigenvalue weighted by Gasteiger charge is -2.01. The maximum atomic E-state index is 8.57. The van der Waals surface area contributed by atoms with Crippen LogP contribution in [-0.2, 0) is 0 Å². The lowest BCUT2D eigenvalue weighted by atomic mass is 10.4. The molecule has 0 amide bonds. The van der Waals surface area contributed by atoms with Crippen LogP contribution in [0.5, 0.6) is 0 Å². The molecule has 0 saturated heterocycles. The number of nitrogen functional groups attached to an aromatic ring is 1. The van der Waals surface area contributed by atoms with Gasteiger partial charge >= 0.3 is 0 Å². The van der Waals surface area contributed by atoms with E-state index in [0.29, 0.717) is 21.4 Å². The first-order valence-electron chi connectivity index (χ1n) is 4.40. The number of anilines is 1. The Kier molecular flexibility index (Phi) is 2.98. The molecule has 0 radical (unpaired) electrons. The third-order valence-corrected chi connectivity index (χ3v) is 2.70. The molecule has 0 fully saturated rings. The van der Waals surface area contributed by atoms with Gasteiger partial charge < -0.3 is 5.73 Å². The smallest absolute Gasteiger partial charge is 0.158 e. The van der Waals surface area contributed by atoms with Gasteiger partial charge in [0.1, 0.15) is 16.1 Å². The molecule has 0 aromatic carbocycles. The topological polar surface area (TPSA) is 88.5 Å². The van der Waals surface area contributed by atoms with Crippen molar-refractivity contribution in [3.8, 4) is 6.07 Å². The Bertz CT molecular complexity index is 532. The highest BCUT2D eigenvalue weighted by Gasteiger charge is 2.04. The minimum atomic E-state index is 0.290. The minimum Gasteiger partial charge on any atom is -0.397 e. The number of hydrogen-bond donors (Lipinski definition) is 1. The summed E-state index contributed by atoms with van der Waals surface area (Å²) in [5.41, 5.74) is 6.63. The molecule has 2 aromatic heterocycles. The first-order chi connectivity index (χ1) is 7.79. The van der Waals surface area contributed by atoms with Crippen LogP contribution >= 0.6 is 11.8 Å². The highest BCUT2D eigenvalue weighted by Crippen LogP contribution is 2.27. The van der Waals surface area contributed by atoms with E-state index < -0.39 is 0 Å². The van der Waals surface area contributed by atoms with Crippen LogP contribution in [0.2, 0.25) is 0 Å². The largest absolute Gasteiger partial charge is 0.397 e. The van der Waals surface area contributed by atoms with E-state index in [-0.39, 0.29) is 0 Å². The second-order valence-corrected chi connectivity index (χ2v) is 3.86. The summed E-state index contributed by atoms with van der Waals surface area (Å²) >= 11 is 1.31. The van der Waals surface area contributed by atoms with E-state index in [2.05, 4.69) is 15.0 Å². The summed E-state index contributed by atoms with van der Waals surface area (Å²) in [5.74, 6) is 0. The summed E-state index contributed by atoms with van der Waals surface area (Å²) < 4.78 is 0. The van der Waals surface area contributed by atoms with Gasteiger partial charge in [0.25, 0.3) is 0 Å². The SMILES string of the molecule is N#Cc1cnc(Sc2ncccc2N)cn1. The van der Waals surface area contributed by atoms with Crippen LogP contribution < -0.4 is 5.73 Å². The molecule has 0 aliphatic carbocycles. The fourth-order valence-corrected chi connectivity index (χ4v) is 1.72. The molecule has 0 aliphatic heterocycles. The van der Waals surface area contributed by atoms with Gasteiger partial charge in [-0.1, -0.05) is 0 Å². The molecular weight excluding hydrogens is 222 g/mol. The van der Waals surface area contributed by atoms with E-state index >= 15 is 0 Å². The van der Waals surface area contributed by atoms with Crippen molar-refractivity contribution >= 4 is 17.4 Å². The maximum Gasteiger partial charge on any atom is 0.158 e. The molecule has 2 N–H and O–H groups in total. The monoisotopic (exact) mass is 229 g/mol. The molecule has 2 rings (SSSR count). The van der Waals surface area contributed by atoms with Crippen molar-refractivity contribution in [2.24, 2.45) is 0 Å². The van der Waals surface area contributed by atoms with Gasteiger partial charge in [0.2, 0.25) is 0 Å². The van der Waals surface area contributed by atoms with Gasteiger partial charge in [0.05, 0.1) is 18.1 Å². The zero-order valence-electron chi connectivity index (χ0n) is 8.16. The lowest BCUT2D eigenvalue weighted by molar-refractivity contribution is 1.03. The Labute approximate surface area is 96.4 Å². The quantitative estimate of drug-likeness (QED) is 0.839. The van der Waals surface area contributed by atoms with Crippen LogP contribution in [0, 0.1) is 11.3 Å². The molecule has 0 bridgehead atoms. The molecule has 2 heterocycles. The van der Waals surface area contributed by atoms with Crippen LogP contribution in [0.25, 0.3) is 0 Å². The molecule has 6 heteroatoms. The van der Waals surface area contributed by atoms with Crippen LogP contribution in [0.4, 0.5) is 5.69 Å². The van der Waals surface area contributed by atoms with Crippen molar-refractivity contribution in [1.29, 1.82) is 5.26 Å². The zero-order valence-corrected chi connectivity index (χ0v) is 8.98. The van der Waals surface area contributed by atoms with Gasteiger partial charge in [-0.05, 0) is 23.9 Å². The van der Waals surface area contributed by atoms with Gasteiger partial charge in [0, 0.05) is 6.20 Å². The maximum absolute atomic E-state index is 8.57. The standard InChI is InChI=1S/C10H7N5S/c11-4-7-5-15-9(6-14-7)16-10-8(12)2-1-3-13-10/h1-3,5-6H,12H2. The fourth-order valence-electron chi connectivity index (χ4n) is 1.01. The Morgan fingerprint density at radius 1 is 1.25 bits per heavy atom. The van der Waals surface area contributed by atoms with Crippen LogP contribution in [0.3, 0.4) is 0 Å². The van der Waals surface area contributed by atoms with E-state index in [4.69, 9.17) is 11.0 Å². The predicted octanol–water partition coefficient (Wildman–Crippen LogP) is 1.48. The lowest BCUT2D eigenvalue weighted by Crippen LogP contribution is -1.92. The molecule has 78 valence electrons. The van der Waals surface area contributed by atoms with Crippen molar-refractivity contribution in [2.75, 3.05) is 5.73 Å². The highest BCUT2D eigenvalue weighted by molar-refractivity contribution is 7.99. The van der Waals surface area contributed by atoms with E-state index in [1.807, 2.05) is 6.07 Å². The fraction of sp³-hybridized carbons (Fsp3) is 0. The third kappa shape index (κ3) is 2.27. The van der Waals surface area contributed by atoms with Crippen molar-refractivity contribution in [1.82, 2.24) is 15.0 Å². The van der Waals surface area contributed by atoms with Crippen LogP contribution in [0.15, 0.2) is 40.8 Å². The molecule has 0 saturated carbocycles. The first-order valence-corrected chi connectivity index (χ1v) is 5.22. The molecule has 0 unspecified atom stereocenters. The van der Waals surface area contributed by atoms with E-state index in [1.54, 1.807) is 18.3 Å². The third-order valence-electron chi connectivity index (χ3n) is 1.74. The number of rotatable bonds is 2. The molecule has 5 nitrogen and oxygen atoms in total. The second-order valence-electron chi connectivity index (χ2n) is 2.85. The summed E-state index contributed by atoms with van der Waals surface area (Å²) in [4.78, 5) is 12.1. The van der Waals surface area contributed by atoms with E-state index in [1.165, 1.54) is 24.2 Å². The molecular formula is C10H7N5S. The van der Waals surface area contributed by atoms with E-state index in [0.717, 1.165) is 0 Å². The van der Waals surface area contributed by atoms with Crippen molar-refractivity contribution in [3.63, 3.8) is 0 Å². The summed E-state index contributed by atoms with van der Waals surface area (Å²) in [5, 5.41) is 9.91. The molecule has 16 heavy (non-hydrogen) atoms. The average Bonchev–Trinajstić information content (AvgIpc) is 2.33. The summed E-state index contributed by atoms with van der Waals surface area (Å²) in [6.45, 7) is 0.